The van der Waals surface area contributed by atoms with Gasteiger partial charge < -0.3 is 9.84 Å². The highest BCUT2D eigenvalue weighted by molar-refractivity contribution is 5.98. The first kappa shape index (κ1) is 15.4. The fourth-order valence-electron chi connectivity index (χ4n) is 2.77. The van der Waals surface area contributed by atoms with Crippen molar-refractivity contribution < 1.29 is 19.4 Å². The van der Waals surface area contributed by atoms with Gasteiger partial charge in [0.25, 0.3) is 0 Å². The highest BCUT2D eigenvalue weighted by Crippen LogP contribution is 2.23. The molecule has 1 aromatic rings. The van der Waals surface area contributed by atoms with Gasteiger partial charge in [-0.1, -0.05) is 19.3 Å². The summed E-state index contributed by atoms with van der Waals surface area (Å²) >= 11 is 0. The quantitative estimate of drug-likeness (QED) is 0.846. The molecule has 1 aliphatic rings. The van der Waals surface area contributed by atoms with Gasteiger partial charge >= 0.3 is 6.09 Å². The number of rotatable bonds is 5. The molecule has 1 N–H and O–H groups in total. The Hall–Kier alpha value is -2.04. The third-order valence-corrected chi connectivity index (χ3v) is 3.99. The van der Waals surface area contributed by atoms with Crippen molar-refractivity contribution in [3.8, 4) is 5.75 Å². The number of methoxy groups -OCH3 is 1. The molecule has 0 unspecified atom stereocenters. The van der Waals surface area contributed by atoms with Gasteiger partial charge in [0.1, 0.15) is 5.75 Å². The minimum absolute atomic E-state index is 0.0292. The van der Waals surface area contributed by atoms with E-state index >= 15 is 0 Å². The van der Waals surface area contributed by atoms with Gasteiger partial charge in [-0.05, 0) is 37.1 Å². The molecule has 0 aliphatic heterocycles. The van der Waals surface area contributed by atoms with Gasteiger partial charge in [0.15, 0.2) is 5.78 Å². The van der Waals surface area contributed by atoms with Crippen LogP contribution in [0, 0.1) is 0 Å². The fraction of sp³-hybridized carbons (Fsp3) is 0.500. The maximum absolute atomic E-state index is 12.3. The molecule has 1 aromatic carbocycles. The topological polar surface area (TPSA) is 66.8 Å². The lowest BCUT2D eigenvalue weighted by molar-refractivity contribution is 0.0816. The summed E-state index contributed by atoms with van der Waals surface area (Å²) in [4.78, 5) is 25.0. The lowest BCUT2D eigenvalue weighted by Gasteiger charge is -2.31. The largest absolute Gasteiger partial charge is 0.497 e. The van der Waals surface area contributed by atoms with E-state index in [-0.39, 0.29) is 18.4 Å². The number of hydrogen-bond donors (Lipinski definition) is 1. The molecule has 0 radical (unpaired) electrons. The van der Waals surface area contributed by atoms with Crippen molar-refractivity contribution in [2.45, 2.75) is 38.1 Å². The van der Waals surface area contributed by atoms with E-state index in [2.05, 4.69) is 0 Å². The van der Waals surface area contributed by atoms with Crippen LogP contribution in [0.2, 0.25) is 0 Å². The van der Waals surface area contributed by atoms with Crippen LogP contribution in [0.15, 0.2) is 24.3 Å². The van der Waals surface area contributed by atoms with E-state index in [1.54, 1.807) is 31.4 Å². The predicted molar refractivity (Wildman–Crippen MR) is 78.9 cm³/mol. The SMILES string of the molecule is COc1ccc(C(=O)CN(C(=O)O)C2CCCCC2)cc1. The Morgan fingerprint density at radius 3 is 2.33 bits per heavy atom. The molecule has 1 aliphatic carbocycles. The minimum Gasteiger partial charge on any atom is -0.497 e. The molecule has 5 heteroatoms. The molecule has 1 saturated carbocycles. The van der Waals surface area contributed by atoms with E-state index in [1.165, 1.54) is 4.90 Å². The number of carbonyl (C=O) groups excluding carboxylic acids is 1. The molecule has 0 aromatic heterocycles. The number of amides is 1. The molecule has 5 nitrogen and oxygen atoms in total. The van der Waals surface area contributed by atoms with Gasteiger partial charge in [0, 0.05) is 11.6 Å². The molecular weight excluding hydrogens is 270 g/mol. The highest BCUT2D eigenvalue weighted by Gasteiger charge is 2.27. The molecular formula is C16H21NO4. The number of carbonyl (C=O) groups is 2. The molecule has 21 heavy (non-hydrogen) atoms. The number of nitrogens with zero attached hydrogens (tertiary/aromatic N) is 1. The Labute approximate surface area is 124 Å². The normalized spacial score (nSPS) is 15.5. The van der Waals surface area contributed by atoms with Gasteiger partial charge in [0.05, 0.1) is 13.7 Å². The van der Waals surface area contributed by atoms with Crippen LogP contribution in [0.1, 0.15) is 42.5 Å². The van der Waals surface area contributed by atoms with E-state index in [1.807, 2.05) is 0 Å². The molecule has 0 bridgehead atoms. The Bertz CT molecular complexity index is 492. The van der Waals surface area contributed by atoms with Gasteiger partial charge in [-0.25, -0.2) is 4.79 Å². The first-order valence-electron chi connectivity index (χ1n) is 7.28. The Balaban J connectivity index is 2.04. The number of ether oxygens (including phenoxy) is 1. The van der Waals surface area contributed by atoms with E-state index < -0.39 is 6.09 Å². The number of Topliss-reactive ketones (excluding diaryl/α,β-unsaturated/α-hetero) is 1. The number of ketones is 1. The van der Waals surface area contributed by atoms with E-state index in [0.29, 0.717) is 11.3 Å². The molecule has 0 spiro atoms. The third kappa shape index (κ3) is 3.97. The summed E-state index contributed by atoms with van der Waals surface area (Å²) in [6.45, 7) is -0.0771. The molecule has 0 atom stereocenters. The summed E-state index contributed by atoms with van der Waals surface area (Å²) in [5.74, 6) is 0.500. The van der Waals surface area contributed by atoms with Crippen molar-refractivity contribution in [3.05, 3.63) is 29.8 Å². The molecule has 114 valence electrons. The molecule has 1 fully saturated rings. The van der Waals surface area contributed by atoms with E-state index in [9.17, 15) is 14.7 Å². The van der Waals surface area contributed by atoms with Crippen molar-refractivity contribution in [2.75, 3.05) is 13.7 Å². The van der Waals surface area contributed by atoms with Crippen molar-refractivity contribution in [3.63, 3.8) is 0 Å². The minimum atomic E-state index is -1.01. The highest BCUT2D eigenvalue weighted by atomic mass is 16.5. The average Bonchev–Trinajstić information content (AvgIpc) is 2.53. The van der Waals surface area contributed by atoms with Crippen LogP contribution in [0.3, 0.4) is 0 Å². The Morgan fingerprint density at radius 1 is 1.19 bits per heavy atom. The summed E-state index contributed by atoms with van der Waals surface area (Å²) in [5.41, 5.74) is 0.512. The van der Waals surface area contributed by atoms with Crippen LogP contribution in [0.5, 0.6) is 5.75 Å². The second-order valence-electron chi connectivity index (χ2n) is 5.35. The van der Waals surface area contributed by atoms with Crippen LogP contribution in [-0.2, 0) is 0 Å². The smallest absolute Gasteiger partial charge is 0.407 e. The van der Waals surface area contributed by atoms with E-state index in [4.69, 9.17) is 4.74 Å². The monoisotopic (exact) mass is 291 g/mol. The number of hydrogen-bond acceptors (Lipinski definition) is 3. The maximum Gasteiger partial charge on any atom is 0.407 e. The number of benzene rings is 1. The zero-order valence-electron chi connectivity index (χ0n) is 12.2. The fourth-order valence-corrected chi connectivity index (χ4v) is 2.77. The number of carboxylic acid groups (broad SMARTS) is 1. The lowest BCUT2D eigenvalue weighted by atomic mass is 9.94. The summed E-state index contributed by atoms with van der Waals surface area (Å²) in [6.07, 6.45) is 3.90. The molecule has 0 saturated heterocycles. The second kappa shape index (κ2) is 7.11. The lowest BCUT2D eigenvalue weighted by Crippen LogP contribution is -2.43. The van der Waals surface area contributed by atoms with Crippen molar-refractivity contribution in [1.29, 1.82) is 0 Å². The standard InChI is InChI=1S/C16H21NO4/c1-21-14-9-7-12(8-10-14)15(18)11-17(16(19)20)13-5-3-2-4-6-13/h7-10,13H,2-6,11H2,1H3,(H,19,20). The van der Waals surface area contributed by atoms with Crippen LogP contribution < -0.4 is 4.74 Å². The maximum atomic E-state index is 12.3. The molecule has 2 rings (SSSR count). The first-order valence-corrected chi connectivity index (χ1v) is 7.28. The average molecular weight is 291 g/mol. The van der Waals surface area contributed by atoms with Crippen LogP contribution in [0.25, 0.3) is 0 Å². The second-order valence-corrected chi connectivity index (χ2v) is 5.35. The first-order chi connectivity index (χ1) is 10.1. The van der Waals surface area contributed by atoms with Crippen LogP contribution in [0.4, 0.5) is 4.79 Å². The zero-order chi connectivity index (χ0) is 15.2. The van der Waals surface area contributed by atoms with Gasteiger partial charge in [0.2, 0.25) is 0 Å². The van der Waals surface area contributed by atoms with Gasteiger partial charge in [-0.15, -0.1) is 0 Å². The van der Waals surface area contributed by atoms with Crippen molar-refractivity contribution >= 4 is 11.9 Å². The Morgan fingerprint density at radius 2 is 1.81 bits per heavy atom. The summed E-state index contributed by atoms with van der Waals surface area (Å²) in [5, 5.41) is 9.36. The van der Waals surface area contributed by atoms with Crippen molar-refractivity contribution in [1.82, 2.24) is 4.90 Å². The summed E-state index contributed by atoms with van der Waals surface area (Å²) in [6, 6.07) is 6.72. The third-order valence-electron chi connectivity index (χ3n) is 3.99. The van der Waals surface area contributed by atoms with Gasteiger partial charge in [-0.2, -0.15) is 0 Å². The van der Waals surface area contributed by atoms with Crippen molar-refractivity contribution in [2.24, 2.45) is 0 Å². The van der Waals surface area contributed by atoms with Crippen LogP contribution in [-0.4, -0.2) is 41.6 Å². The predicted octanol–water partition coefficient (Wildman–Crippen LogP) is 3.19. The van der Waals surface area contributed by atoms with E-state index in [0.717, 1.165) is 32.1 Å². The molecule has 1 amide bonds. The Kier molecular flexibility index (Phi) is 5.20. The summed E-state index contributed by atoms with van der Waals surface area (Å²) < 4.78 is 5.05. The van der Waals surface area contributed by atoms with Crippen LogP contribution >= 0.6 is 0 Å². The summed E-state index contributed by atoms with van der Waals surface area (Å²) in [7, 11) is 1.56. The molecule has 0 heterocycles. The zero-order valence-corrected chi connectivity index (χ0v) is 12.2. The van der Waals surface area contributed by atoms with Gasteiger partial charge in [-0.3, -0.25) is 9.69 Å².